The van der Waals surface area contributed by atoms with Crippen molar-refractivity contribution in [2.24, 2.45) is 0 Å². The lowest BCUT2D eigenvalue weighted by molar-refractivity contribution is -0.146. The van der Waals surface area contributed by atoms with Gasteiger partial charge in [-0.25, -0.2) is 0 Å². The normalized spacial score (nSPS) is 10.2. The molecule has 1 aromatic heterocycles. The lowest BCUT2D eigenvalue weighted by atomic mass is 10.1. The molecule has 0 saturated carbocycles. The molecule has 1 aromatic carbocycles. The van der Waals surface area contributed by atoms with Crippen molar-refractivity contribution in [1.82, 2.24) is 5.16 Å². The van der Waals surface area contributed by atoms with Crippen molar-refractivity contribution < 1.29 is 18.8 Å². The molecule has 0 saturated heterocycles. The first-order valence-electron chi connectivity index (χ1n) is 6.16. The highest BCUT2D eigenvalue weighted by Gasteiger charge is 2.10. The molecule has 0 spiro atoms. The number of aromatic nitrogens is 1. The Balaban J connectivity index is 1.75. The standard InChI is InChI=1S/C14H13ClN2O4/c1-9-6-12(17-21-9)16-13(18)8-20-14(19)7-10-2-4-11(15)5-3-10/h2-6H,7-8H2,1H3,(H,16,17,18). The first kappa shape index (κ1) is 15.1. The maximum absolute atomic E-state index is 11.6. The van der Waals surface area contributed by atoms with Gasteiger partial charge in [0.25, 0.3) is 5.91 Å². The van der Waals surface area contributed by atoms with Gasteiger partial charge in [-0.05, 0) is 24.6 Å². The van der Waals surface area contributed by atoms with Crippen LogP contribution < -0.4 is 5.32 Å². The number of esters is 1. The number of carbonyl (C=O) groups is 2. The van der Waals surface area contributed by atoms with Crippen molar-refractivity contribution in [1.29, 1.82) is 0 Å². The fourth-order valence-corrected chi connectivity index (χ4v) is 1.70. The summed E-state index contributed by atoms with van der Waals surface area (Å²) >= 11 is 5.75. The Bertz CT molecular complexity index is 637. The number of ether oxygens (including phenoxy) is 1. The second-order valence-electron chi connectivity index (χ2n) is 4.33. The Morgan fingerprint density at radius 3 is 2.67 bits per heavy atom. The van der Waals surface area contributed by atoms with Crippen LogP contribution in [0.1, 0.15) is 11.3 Å². The van der Waals surface area contributed by atoms with E-state index in [-0.39, 0.29) is 18.8 Å². The lowest BCUT2D eigenvalue weighted by Gasteiger charge is -2.04. The predicted molar refractivity (Wildman–Crippen MR) is 76.0 cm³/mol. The third-order valence-corrected chi connectivity index (χ3v) is 2.77. The fourth-order valence-electron chi connectivity index (χ4n) is 1.57. The summed E-state index contributed by atoms with van der Waals surface area (Å²) < 4.78 is 9.67. The van der Waals surface area contributed by atoms with Crippen LogP contribution >= 0.6 is 11.6 Å². The molecular weight excluding hydrogens is 296 g/mol. The van der Waals surface area contributed by atoms with Gasteiger partial charge in [0.2, 0.25) is 0 Å². The zero-order valence-corrected chi connectivity index (χ0v) is 12.0. The molecule has 0 aliphatic carbocycles. The molecule has 6 nitrogen and oxygen atoms in total. The quantitative estimate of drug-likeness (QED) is 0.858. The Hall–Kier alpha value is -2.34. The molecule has 0 unspecified atom stereocenters. The third kappa shape index (κ3) is 4.92. The number of nitrogens with zero attached hydrogens (tertiary/aromatic N) is 1. The molecule has 7 heteroatoms. The first-order chi connectivity index (χ1) is 10.0. The minimum absolute atomic E-state index is 0.0769. The van der Waals surface area contributed by atoms with Crippen molar-refractivity contribution in [3.63, 3.8) is 0 Å². The van der Waals surface area contributed by atoms with E-state index in [1.54, 1.807) is 37.3 Å². The van der Waals surface area contributed by atoms with Crippen molar-refractivity contribution >= 4 is 29.3 Å². The van der Waals surface area contributed by atoms with Crippen molar-refractivity contribution in [2.45, 2.75) is 13.3 Å². The van der Waals surface area contributed by atoms with Crippen LogP contribution in [0.15, 0.2) is 34.9 Å². The van der Waals surface area contributed by atoms with Gasteiger partial charge in [0.1, 0.15) is 5.76 Å². The highest BCUT2D eigenvalue weighted by Crippen LogP contribution is 2.10. The molecule has 0 bridgehead atoms. The molecule has 21 heavy (non-hydrogen) atoms. The Labute approximate surface area is 126 Å². The lowest BCUT2D eigenvalue weighted by Crippen LogP contribution is -2.21. The maximum atomic E-state index is 11.6. The van der Waals surface area contributed by atoms with Crippen molar-refractivity contribution in [3.8, 4) is 0 Å². The molecule has 0 radical (unpaired) electrons. The molecule has 1 heterocycles. The van der Waals surface area contributed by atoms with Crippen molar-refractivity contribution in [3.05, 3.63) is 46.7 Å². The highest BCUT2D eigenvalue weighted by atomic mass is 35.5. The summed E-state index contributed by atoms with van der Waals surface area (Å²) in [7, 11) is 0. The summed E-state index contributed by atoms with van der Waals surface area (Å²) in [5.74, 6) is -0.118. The summed E-state index contributed by atoms with van der Waals surface area (Å²) in [6.45, 7) is 1.33. The van der Waals surface area contributed by atoms with Crippen LogP contribution in [0.3, 0.4) is 0 Å². The van der Waals surface area contributed by atoms with Gasteiger partial charge in [-0.2, -0.15) is 0 Å². The highest BCUT2D eigenvalue weighted by molar-refractivity contribution is 6.30. The molecule has 0 fully saturated rings. The third-order valence-electron chi connectivity index (χ3n) is 2.52. The van der Waals surface area contributed by atoms with Gasteiger partial charge in [0, 0.05) is 11.1 Å². The second-order valence-corrected chi connectivity index (χ2v) is 4.77. The van der Waals surface area contributed by atoms with E-state index < -0.39 is 11.9 Å². The van der Waals surface area contributed by atoms with Crippen LogP contribution in [-0.2, 0) is 20.7 Å². The minimum atomic E-state index is -0.496. The Kier molecular flexibility index (Phi) is 4.94. The maximum Gasteiger partial charge on any atom is 0.310 e. The predicted octanol–water partition coefficient (Wildman–Crippen LogP) is 2.36. The average Bonchev–Trinajstić information content (AvgIpc) is 2.84. The molecule has 110 valence electrons. The largest absolute Gasteiger partial charge is 0.455 e. The smallest absolute Gasteiger partial charge is 0.310 e. The van der Waals surface area contributed by atoms with Gasteiger partial charge < -0.3 is 14.6 Å². The number of amides is 1. The molecule has 0 aliphatic rings. The van der Waals surface area contributed by atoms with Crippen molar-refractivity contribution in [2.75, 3.05) is 11.9 Å². The number of anilines is 1. The summed E-state index contributed by atoms with van der Waals surface area (Å²) in [4.78, 5) is 23.1. The zero-order valence-electron chi connectivity index (χ0n) is 11.3. The first-order valence-corrected chi connectivity index (χ1v) is 6.54. The fraction of sp³-hybridized carbons (Fsp3) is 0.214. The number of benzene rings is 1. The van der Waals surface area contributed by atoms with Gasteiger partial charge >= 0.3 is 5.97 Å². The van der Waals surface area contributed by atoms with Crippen LogP contribution in [-0.4, -0.2) is 23.6 Å². The Morgan fingerprint density at radius 2 is 2.05 bits per heavy atom. The molecular formula is C14H13ClN2O4. The number of rotatable bonds is 5. The molecule has 2 rings (SSSR count). The van der Waals surface area contributed by atoms with E-state index >= 15 is 0 Å². The number of hydrogen-bond donors (Lipinski definition) is 1. The molecule has 2 aromatic rings. The van der Waals surface area contributed by atoms with Crippen LogP contribution in [0.4, 0.5) is 5.82 Å². The number of nitrogens with one attached hydrogen (secondary N) is 1. The van der Waals surface area contributed by atoms with Gasteiger partial charge in [-0.1, -0.05) is 28.9 Å². The topological polar surface area (TPSA) is 81.4 Å². The van der Waals surface area contributed by atoms with E-state index in [1.165, 1.54) is 0 Å². The van der Waals surface area contributed by atoms with Gasteiger partial charge in [-0.3, -0.25) is 9.59 Å². The second kappa shape index (κ2) is 6.90. The molecule has 1 amide bonds. The van der Waals surface area contributed by atoms with Gasteiger partial charge in [0.05, 0.1) is 6.42 Å². The summed E-state index contributed by atoms with van der Waals surface area (Å²) in [5.41, 5.74) is 0.761. The van der Waals surface area contributed by atoms with Gasteiger partial charge in [0.15, 0.2) is 12.4 Å². The minimum Gasteiger partial charge on any atom is -0.455 e. The van der Waals surface area contributed by atoms with E-state index in [9.17, 15) is 9.59 Å². The summed E-state index contributed by atoms with van der Waals surface area (Å²) in [5, 5.41) is 6.64. The SMILES string of the molecule is Cc1cc(NC(=O)COC(=O)Cc2ccc(Cl)cc2)no1. The van der Waals surface area contributed by atoms with Gasteiger partial charge in [-0.15, -0.1) is 0 Å². The summed E-state index contributed by atoms with van der Waals surface area (Å²) in [6.07, 6.45) is 0.0769. The monoisotopic (exact) mass is 308 g/mol. The number of aryl methyl sites for hydroxylation is 1. The van der Waals surface area contributed by atoms with E-state index in [0.717, 1.165) is 5.56 Å². The van der Waals surface area contributed by atoms with Crippen LogP contribution in [0.25, 0.3) is 0 Å². The van der Waals surface area contributed by atoms with E-state index in [0.29, 0.717) is 10.8 Å². The van der Waals surface area contributed by atoms with Crippen LogP contribution in [0, 0.1) is 6.92 Å². The number of hydrogen-bond acceptors (Lipinski definition) is 5. The van der Waals surface area contributed by atoms with Crippen LogP contribution in [0.2, 0.25) is 5.02 Å². The molecule has 1 N–H and O–H groups in total. The average molecular weight is 309 g/mol. The van der Waals surface area contributed by atoms with E-state index in [1.807, 2.05) is 0 Å². The van der Waals surface area contributed by atoms with E-state index in [2.05, 4.69) is 10.5 Å². The van der Waals surface area contributed by atoms with Crippen LogP contribution in [0.5, 0.6) is 0 Å². The molecule has 0 atom stereocenters. The zero-order chi connectivity index (χ0) is 15.2. The number of carbonyl (C=O) groups excluding carboxylic acids is 2. The van der Waals surface area contributed by atoms with E-state index in [4.69, 9.17) is 20.9 Å². The Morgan fingerprint density at radius 1 is 1.33 bits per heavy atom. The number of halogens is 1. The summed E-state index contributed by atoms with van der Waals surface area (Å²) in [6, 6.07) is 8.38. The molecule has 0 aliphatic heterocycles.